The van der Waals surface area contributed by atoms with Gasteiger partial charge in [0.1, 0.15) is 17.2 Å². The number of benzene rings is 3. The molecule has 0 aliphatic carbocycles. The van der Waals surface area contributed by atoms with Crippen LogP contribution >= 0.6 is 0 Å². The maximum atomic E-state index is 12.2. The molecule has 3 aromatic carbocycles. The quantitative estimate of drug-likeness (QED) is 0.157. The van der Waals surface area contributed by atoms with Gasteiger partial charge in [0, 0.05) is 6.08 Å². The van der Waals surface area contributed by atoms with E-state index in [2.05, 4.69) is 5.73 Å². The fraction of sp³-hybridized carbons (Fsp3) is 0.276. The lowest BCUT2D eigenvalue weighted by Crippen LogP contribution is -2.50. The van der Waals surface area contributed by atoms with Gasteiger partial charge in [-0.05, 0) is 91.8 Å². The molecular weight excluding hydrogens is 426 g/mol. The predicted molar refractivity (Wildman–Crippen MR) is 136 cm³/mol. The van der Waals surface area contributed by atoms with E-state index in [1.807, 2.05) is 67.6 Å². The van der Waals surface area contributed by atoms with Gasteiger partial charge in [0.2, 0.25) is 0 Å². The maximum absolute atomic E-state index is 12.2. The van der Waals surface area contributed by atoms with Gasteiger partial charge in [-0.15, -0.1) is 0 Å². The monoisotopic (exact) mass is 460 g/mol. The Balaban J connectivity index is 1.47. The third kappa shape index (κ3) is 8.41. The van der Waals surface area contributed by atoms with E-state index in [4.69, 9.17) is 14.2 Å². The van der Waals surface area contributed by atoms with Crippen LogP contribution in [0.4, 0.5) is 0 Å². The molecule has 3 rings (SSSR count). The van der Waals surface area contributed by atoms with Crippen molar-refractivity contribution in [1.82, 2.24) is 0 Å². The third-order valence-electron chi connectivity index (χ3n) is 5.28. The summed E-state index contributed by atoms with van der Waals surface area (Å²) < 4.78 is 16.7. The zero-order valence-corrected chi connectivity index (χ0v) is 19.9. The molecule has 0 fully saturated rings. The average Bonchev–Trinajstić information content (AvgIpc) is 2.87. The molecule has 0 amide bonds. The fourth-order valence-electron chi connectivity index (χ4n) is 3.44. The zero-order valence-electron chi connectivity index (χ0n) is 19.9. The van der Waals surface area contributed by atoms with Gasteiger partial charge in [-0.25, -0.2) is 4.79 Å². The Kier molecular flexibility index (Phi) is 10.2. The van der Waals surface area contributed by atoms with Gasteiger partial charge in [-0.2, -0.15) is 0 Å². The van der Waals surface area contributed by atoms with Crippen LogP contribution < -0.4 is 19.9 Å². The highest BCUT2D eigenvalue weighted by atomic mass is 16.5. The fourth-order valence-corrected chi connectivity index (χ4v) is 3.44. The summed E-state index contributed by atoms with van der Waals surface area (Å²) >= 11 is 0. The molecular formula is C29H34NO4+. The van der Waals surface area contributed by atoms with Crippen LogP contribution in [0.15, 0.2) is 78.9 Å². The van der Waals surface area contributed by atoms with Crippen LogP contribution in [0.5, 0.6) is 17.2 Å². The van der Waals surface area contributed by atoms with Crippen molar-refractivity contribution >= 4 is 12.0 Å². The van der Waals surface area contributed by atoms with Crippen molar-refractivity contribution in [2.24, 2.45) is 0 Å². The van der Waals surface area contributed by atoms with Crippen LogP contribution in [0.3, 0.4) is 0 Å². The molecule has 0 saturated heterocycles. The van der Waals surface area contributed by atoms with Gasteiger partial charge in [-0.1, -0.05) is 36.4 Å². The van der Waals surface area contributed by atoms with Crippen LogP contribution in [0.1, 0.15) is 38.2 Å². The molecule has 0 saturated carbocycles. The molecule has 0 radical (unpaired) electrons. The summed E-state index contributed by atoms with van der Waals surface area (Å²) in [6.45, 7) is 4.31. The summed E-state index contributed by atoms with van der Waals surface area (Å²) in [4.78, 5) is 12.2. The van der Waals surface area contributed by atoms with Crippen molar-refractivity contribution in [3.63, 3.8) is 0 Å². The number of carbonyl (C=O) groups excluding carboxylic acids is 1. The van der Waals surface area contributed by atoms with Crippen molar-refractivity contribution < 1.29 is 24.7 Å². The molecule has 0 aliphatic heterocycles. The minimum absolute atomic E-state index is 0.422. The highest BCUT2D eigenvalue weighted by Gasteiger charge is 2.04. The second-order valence-corrected chi connectivity index (χ2v) is 7.92. The molecule has 0 aromatic heterocycles. The molecule has 5 nitrogen and oxygen atoms in total. The number of rotatable bonds is 13. The first kappa shape index (κ1) is 25.1. The molecule has 178 valence electrons. The van der Waals surface area contributed by atoms with E-state index in [1.165, 1.54) is 25.3 Å². The lowest BCUT2D eigenvalue weighted by atomic mass is 10.1. The van der Waals surface area contributed by atoms with Crippen LogP contribution in [0, 0.1) is 0 Å². The van der Waals surface area contributed by atoms with Crippen molar-refractivity contribution in [1.29, 1.82) is 0 Å². The van der Waals surface area contributed by atoms with Gasteiger partial charge in [-0.3, -0.25) is 0 Å². The summed E-state index contributed by atoms with van der Waals surface area (Å²) in [6.07, 6.45) is 7.80. The van der Waals surface area contributed by atoms with E-state index in [0.717, 1.165) is 47.8 Å². The van der Waals surface area contributed by atoms with Crippen LogP contribution in [-0.4, -0.2) is 25.7 Å². The van der Waals surface area contributed by atoms with Crippen molar-refractivity contribution in [2.75, 3.05) is 19.8 Å². The molecule has 34 heavy (non-hydrogen) atoms. The number of hydrogen-bond acceptors (Lipinski definition) is 4. The normalized spacial score (nSPS) is 10.9. The Hall–Kier alpha value is -3.57. The summed E-state index contributed by atoms with van der Waals surface area (Å²) in [5, 5.41) is 0. The molecule has 5 heteroatoms. The minimum Gasteiger partial charge on any atom is -0.494 e. The Morgan fingerprint density at radius 3 is 1.91 bits per heavy atom. The van der Waals surface area contributed by atoms with Crippen LogP contribution in [-0.2, 0) is 4.79 Å². The smallest absolute Gasteiger partial charge is 0.336 e. The number of hydrogen-bond donors (Lipinski definition) is 1. The van der Waals surface area contributed by atoms with Crippen molar-refractivity contribution in [2.45, 2.75) is 32.6 Å². The summed E-state index contributed by atoms with van der Waals surface area (Å²) in [5.41, 5.74) is 6.89. The van der Waals surface area contributed by atoms with Gasteiger partial charge in [0.25, 0.3) is 0 Å². The van der Waals surface area contributed by atoms with Gasteiger partial charge < -0.3 is 19.9 Å². The number of esters is 1. The Morgan fingerprint density at radius 1 is 0.735 bits per heavy atom. The molecule has 0 unspecified atom stereocenters. The molecule has 0 bridgehead atoms. The topological polar surface area (TPSA) is 72.4 Å². The second-order valence-electron chi connectivity index (χ2n) is 7.92. The van der Waals surface area contributed by atoms with E-state index < -0.39 is 5.97 Å². The SMILES string of the molecule is CCOc1ccc(/C=C/C(=O)Oc2ccc(-c3ccc(OCCCCCC[NH3+])cc3)cc2)cc1. The Labute approximate surface area is 202 Å². The van der Waals surface area contributed by atoms with Gasteiger partial charge >= 0.3 is 5.97 Å². The summed E-state index contributed by atoms with van der Waals surface area (Å²) in [6, 6.07) is 23.1. The summed E-state index contributed by atoms with van der Waals surface area (Å²) in [5.74, 6) is 1.77. The number of carbonyl (C=O) groups is 1. The lowest BCUT2D eigenvalue weighted by Gasteiger charge is -2.08. The maximum Gasteiger partial charge on any atom is 0.336 e. The number of quaternary nitrogens is 1. The first-order chi connectivity index (χ1) is 16.7. The minimum atomic E-state index is -0.422. The number of ether oxygens (including phenoxy) is 3. The standard InChI is InChI=1S/C29H33NO4/c1-2-32-26-14-7-23(8-15-26)9-20-29(31)34-28-18-12-25(13-19-28)24-10-16-27(17-11-24)33-22-6-4-3-5-21-30/h7-20H,2-6,21-22,30H2,1H3/p+1/b20-9+. The van der Waals surface area contributed by atoms with E-state index in [9.17, 15) is 4.79 Å². The summed E-state index contributed by atoms with van der Waals surface area (Å²) in [7, 11) is 0. The lowest BCUT2D eigenvalue weighted by molar-refractivity contribution is -0.368. The zero-order chi connectivity index (χ0) is 24.0. The van der Waals surface area contributed by atoms with E-state index in [0.29, 0.717) is 12.4 Å². The molecule has 0 spiro atoms. The first-order valence-corrected chi connectivity index (χ1v) is 11.9. The van der Waals surface area contributed by atoms with Gasteiger partial charge in [0.05, 0.1) is 19.8 Å². The van der Waals surface area contributed by atoms with Crippen molar-refractivity contribution in [3.8, 4) is 28.4 Å². The van der Waals surface area contributed by atoms with E-state index in [-0.39, 0.29) is 0 Å². The third-order valence-corrected chi connectivity index (χ3v) is 5.28. The second kappa shape index (κ2) is 13.9. The average molecular weight is 461 g/mol. The molecule has 3 N–H and O–H groups in total. The predicted octanol–water partition coefficient (Wildman–Crippen LogP) is 5.55. The van der Waals surface area contributed by atoms with Gasteiger partial charge in [0.15, 0.2) is 0 Å². The Bertz CT molecular complexity index is 1030. The molecule has 3 aromatic rings. The van der Waals surface area contributed by atoms with Crippen molar-refractivity contribution in [3.05, 3.63) is 84.4 Å². The van der Waals surface area contributed by atoms with E-state index >= 15 is 0 Å². The highest BCUT2D eigenvalue weighted by Crippen LogP contribution is 2.25. The Morgan fingerprint density at radius 2 is 1.29 bits per heavy atom. The van der Waals surface area contributed by atoms with Crippen LogP contribution in [0.25, 0.3) is 17.2 Å². The van der Waals surface area contributed by atoms with Crippen LogP contribution in [0.2, 0.25) is 0 Å². The molecule has 0 aliphatic rings. The number of unbranched alkanes of at least 4 members (excludes halogenated alkanes) is 3. The molecule has 0 heterocycles. The molecule has 0 atom stereocenters. The highest BCUT2D eigenvalue weighted by molar-refractivity contribution is 5.88. The largest absolute Gasteiger partial charge is 0.494 e. The van der Waals surface area contributed by atoms with E-state index in [1.54, 1.807) is 18.2 Å². The first-order valence-electron chi connectivity index (χ1n) is 11.9.